The zero-order chi connectivity index (χ0) is 25.1. The highest BCUT2D eigenvalue weighted by Crippen LogP contribution is 2.27. The SMILES string of the molecule is O=C(NC(=S)Nc1ccc2oc(-c3ccncc3)nc2c1)c1cc([N+](=O)[O-])ccc1N1CCOCC1. The molecule has 182 valence electrons. The van der Waals surface area contributed by atoms with Gasteiger partial charge in [0.1, 0.15) is 5.52 Å². The molecule has 36 heavy (non-hydrogen) atoms. The molecular formula is C24H20N6O5S. The Morgan fingerprint density at radius 3 is 2.61 bits per heavy atom. The van der Waals surface area contributed by atoms with Gasteiger partial charge in [-0.05, 0) is 48.6 Å². The van der Waals surface area contributed by atoms with Gasteiger partial charge >= 0.3 is 0 Å². The van der Waals surface area contributed by atoms with Crippen LogP contribution in [0.1, 0.15) is 10.4 Å². The first kappa shape index (κ1) is 23.3. The van der Waals surface area contributed by atoms with Gasteiger partial charge in [-0.15, -0.1) is 0 Å². The molecule has 1 amide bonds. The van der Waals surface area contributed by atoms with Crippen LogP contribution in [0.15, 0.2) is 65.3 Å². The van der Waals surface area contributed by atoms with E-state index in [0.29, 0.717) is 54.7 Å². The van der Waals surface area contributed by atoms with Gasteiger partial charge in [-0.25, -0.2) is 4.98 Å². The van der Waals surface area contributed by atoms with Crippen LogP contribution in [0, 0.1) is 10.1 Å². The van der Waals surface area contributed by atoms with Gasteiger partial charge in [-0.1, -0.05) is 0 Å². The number of carbonyl (C=O) groups is 1. The van der Waals surface area contributed by atoms with E-state index in [1.807, 2.05) is 4.90 Å². The van der Waals surface area contributed by atoms with Gasteiger partial charge in [-0.2, -0.15) is 0 Å². The number of rotatable bonds is 5. The van der Waals surface area contributed by atoms with Gasteiger partial charge < -0.3 is 19.4 Å². The van der Waals surface area contributed by atoms with E-state index in [1.54, 1.807) is 48.8 Å². The maximum Gasteiger partial charge on any atom is 0.270 e. The third-order valence-electron chi connectivity index (χ3n) is 5.59. The Kier molecular flexibility index (Phi) is 6.52. The van der Waals surface area contributed by atoms with Gasteiger partial charge in [0.05, 0.1) is 29.4 Å². The van der Waals surface area contributed by atoms with Crippen molar-refractivity contribution >= 4 is 51.4 Å². The molecule has 0 atom stereocenters. The molecule has 3 heterocycles. The molecule has 12 heteroatoms. The molecule has 0 saturated carbocycles. The van der Waals surface area contributed by atoms with Crippen molar-refractivity contribution < 1.29 is 18.9 Å². The van der Waals surface area contributed by atoms with E-state index in [2.05, 4.69) is 20.6 Å². The minimum absolute atomic E-state index is 0.0386. The summed E-state index contributed by atoms with van der Waals surface area (Å²) in [6.07, 6.45) is 3.31. The zero-order valence-corrected chi connectivity index (χ0v) is 19.7. The van der Waals surface area contributed by atoms with Crippen molar-refractivity contribution in [2.75, 3.05) is 36.5 Å². The Morgan fingerprint density at radius 2 is 1.86 bits per heavy atom. The predicted octanol–water partition coefficient (Wildman–Crippen LogP) is 3.76. The predicted molar refractivity (Wildman–Crippen MR) is 137 cm³/mol. The Bertz CT molecular complexity index is 1450. The van der Waals surface area contributed by atoms with Crippen molar-refractivity contribution in [3.63, 3.8) is 0 Å². The van der Waals surface area contributed by atoms with Gasteiger partial charge in [0.2, 0.25) is 5.89 Å². The molecule has 2 aromatic carbocycles. The van der Waals surface area contributed by atoms with E-state index in [4.69, 9.17) is 21.4 Å². The number of pyridine rings is 1. The topological polar surface area (TPSA) is 136 Å². The monoisotopic (exact) mass is 504 g/mol. The van der Waals surface area contributed by atoms with Crippen LogP contribution in [0.5, 0.6) is 0 Å². The summed E-state index contributed by atoms with van der Waals surface area (Å²) in [7, 11) is 0. The number of hydrogen-bond donors (Lipinski definition) is 2. The number of nitrogens with one attached hydrogen (secondary N) is 2. The number of nitro groups is 1. The van der Waals surface area contributed by atoms with Crippen LogP contribution in [0.2, 0.25) is 0 Å². The summed E-state index contributed by atoms with van der Waals surface area (Å²) < 4.78 is 11.2. The average Bonchev–Trinajstić information content (AvgIpc) is 3.33. The molecule has 1 aliphatic heterocycles. The minimum Gasteiger partial charge on any atom is -0.436 e. The van der Waals surface area contributed by atoms with Crippen LogP contribution in [0.25, 0.3) is 22.6 Å². The number of carbonyl (C=O) groups excluding carboxylic acids is 1. The molecule has 0 bridgehead atoms. The van der Waals surface area contributed by atoms with E-state index in [1.165, 1.54) is 12.1 Å². The first-order valence-electron chi connectivity index (χ1n) is 11.0. The average molecular weight is 505 g/mol. The number of hydrogen-bond acceptors (Lipinski definition) is 9. The fourth-order valence-electron chi connectivity index (χ4n) is 3.86. The highest BCUT2D eigenvalue weighted by atomic mass is 32.1. The molecule has 0 aliphatic carbocycles. The van der Waals surface area contributed by atoms with E-state index in [-0.39, 0.29) is 16.4 Å². The lowest BCUT2D eigenvalue weighted by molar-refractivity contribution is -0.384. The summed E-state index contributed by atoms with van der Waals surface area (Å²) >= 11 is 5.34. The Labute approximate surface area is 210 Å². The molecule has 11 nitrogen and oxygen atoms in total. The lowest BCUT2D eigenvalue weighted by Gasteiger charge is -2.30. The number of morpholine rings is 1. The van der Waals surface area contributed by atoms with Crippen molar-refractivity contribution in [1.29, 1.82) is 0 Å². The molecule has 4 aromatic rings. The van der Waals surface area contributed by atoms with Crippen molar-refractivity contribution in [3.8, 4) is 11.5 Å². The normalized spacial score (nSPS) is 13.4. The smallest absolute Gasteiger partial charge is 0.270 e. The zero-order valence-electron chi connectivity index (χ0n) is 18.8. The van der Waals surface area contributed by atoms with Gasteiger partial charge in [0, 0.05) is 48.9 Å². The molecule has 0 spiro atoms. The largest absolute Gasteiger partial charge is 0.436 e. The molecule has 1 fully saturated rings. The van der Waals surface area contributed by atoms with Gasteiger partial charge in [0.25, 0.3) is 11.6 Å². The number of nitro benzene ring substituents is 1. The Morgan fingerprint density at radius 1 is 1.08 bits per heavy atom. The van der Waals surface area contributed by atoms with Gasteiger partial charge in [0.15, 0.2) is 10.7 Å². The van der Waals surface area contributed by atoms with Crippen LogP contribution < -0.4 is 15.5 Å². The van der Waals surface area contributed by atoms with Crippen LogP contribution in [0.4, 0.5) is 17.1 Å². The quantitative estimate of drug-likeness (QED) is 0.235. The molecule has 0 radical (unpaired) electrons. The Hall–Kier alpha value is -4.42. The van der Waals surface area contributed by atoms with Crippen LogP contribution >= 0.6 is 12.2 Å². The molecular weight excluding hydrogens is 484 g/mol. The van der Waals surface area contributed by atoms with Crippen LogP contribution in [-0.2, 0) is 4.74 Å². The first-order valence-corrected chi connectivity index (χ1v) is 11.4. The van der Waals surface area contributed by atoms with Crippen LogP contribution in [-0.4, -0.2) is 52.2 Å². The maximum absolute atomic E-state index is 13.1. The van der Waals surface area contributed by atoms with Gasteiger partial charge in [-0.3, -0.25) is 25.2 Å². The lowest BCUT2D eigenvalue weighted by Crippen LogP contribution is -2.39. The lowest BCUT2D eigenvalue weighted by atomic mass is 10.1. The number of ether oxygens (including phenoxy) is 1. The number of amides is 1. The van der Waals surface area contributed by atoms with E-state index < -0.39 is 10.8 Å². The molecule has 2 N–H and O–H groups in total. The first-order chi connectivity index (χ1) is 17.5. The highest BCUT2D eigenvalue weighted by Gasteiger charge is 2.23. The maximum atomic E-state index is 13.1. The molecule has 1 aliphatic rings. The van der Waals surface area contributed by atoms with Crippen molar-refractivity contribution in [2.45, 2.75) is 0 Å². The summed E-state index contributed by atoms with van der Waals surface area (Å²) in [4.78, 5) is 34.3. The van der Waals surface area contributed by atoms with E-state index in [9.17, 15) is 14.9 Å². The summed E-state index contributed by atoms with van der Waals surface area (Å²) in [6.45, 7) is 2.15. The molecule has 1 saturated heterocycles. The van der Waals surface area contributed by atoms with Crippen molar-refractivity contribution in [2.24, 2.45) is 0 Å². The Balaban J connectivity index is 1.33. The number of benzene rings is 2. The van der Waals surface area contributed by atoms with E-state index >= 15 is 0 Å². The number of anilines is 2. The van der Waals surface area contributed by atoms with Crippen LogP contribution in [0.3, 0.4) is 0 Å². The summed E-state index contributed by atoms with van der Waals surface area (Å²) in [5.41, 5.74) is 3.14. The molecule has 5 rings (SSSR count). The second-order valence-corrected chi connectivity index (χ2v) is 8.31. The number of thiocarbonyl (C=S) groups is 1. The second kappa shape index (κ2) is 10.1. The third kappa shape index (κ3) is 4.99. The van der Waals surface area contributed by atoms with Crippen molar-refractivity contribution in [1.82, 2.24) is 15.3 Å². The summed E-state index contributed by atoms with van der Waals surface area (Å²) in [5, 5.41) is 16.9. The fraction of sp³-hybridized carbons (Fsp3) is 0.167. The highest BCUT2D eigenvalue weighted by molar-refractivity contribution is 7.80. The standard InChI is InChI=1S/C24H20N6O5S/c31-22(18-14-17(30(32)33)2-3-20(18)29-9-11-34-12-10-29)28-24(36)26-16-1-4-21-19(13-16)27-23(35-21)15-5-7-25-8-6-15/h1-8,13-14H,9-12H2,(H2,26,28,31,36). The summed E-state index contributed by atoms with van der Waals surface area (Å²) in [5.74, 6) is -0.0954. The summed E-state index contributed by atoms with van der Waals surface area (Å²) in [6, 6.07) is 13.0. The van der Waals surface area contributed by atoms with E-state index in [0.717, 1.165) is 5.56 Å². The molecule has 0 unspecified atom stereocenters. The minimum atomic E-state index is -0.555. The number of oxazole rings is 1. The number of nitrogens with zero attached hydrogens (tertiary/aromatic N) is 4. The number of aromatic nitrogens is 2. The number of fused-ring (bicyclic) bond motifs is 1. The third-order valence-corrected chi connectivity index (χ3v) is 5.79. The fourth-order valence-corrected chi connectivity index (χ4v) is 4.07. The van der Waals surface area contributed by atoms with Crippen molar-refractivity contribution in [3.05, 3.63) is 76.6 Å². The molecule has 2 aromatic heterocycles. The number of non-ortho nitro benzene ring substituents is 1. The second-order valence-electron chi connectivity index (χ2n) is 7.90.